The third kappa shape index (κ3) is 3.96. The normalized spacial score (nSPS) is 14.2. The van der Waals surface area contributed by atoms with Crippen molar-refractivity contribution in [1.29, 1.82) is 0 Å². The highest BCUT2D eigenvalue weighted by molar-refractivity contribution is 5.73. The molecule has 0 aliphatic carbocycles. The lowest BCUT2D eigenvalue weighted by molar-refractivity contribution is -0.143. The standard InChI is InChI=1S/C15H23NO3/c1-5-14(15(17)18)16(4)11(3)12-7-9-13(10-8-12)19-6-2/h7-11,14H,5-6H2,1-4H3,(H,17,18). The molecular formula is C15H23NO3. The number of nitrogens with zero attached hydrogens (tertiary/aromatic N) is 1. The predicted octanol–water partition coefficient (Wildman–Crippen LogP) is 2.94. The second-order valence-corrected chi connectivity index (χ2v) is 4.61. The molecule has 1 N–H and O–H groups in total. The molecule has 2 atom stereocenters. The van der Waals surface area contributed by atoms with Gasteiger partial charge < -0.3 is 9.84 Å². The van der Waals surface area contributed by atoms with Gasteiger partial charge in [0.25, 0.3) is 0 Å². The predicted molar refractivity (Wildman–Crippen MR) is 75.5 cm³/mol. The highest BCUT2D eigenvalue weighted by Crippen LogP contribution is 2.24. The molecule has 0 heterocycles. The van der Waals surface area contributed by atoms with Crippen LogP contribution in [0.3, 0.4) is 0 Å². The van der Waals surface area contributed by atoms with Crippen molar-refractivity contribution in [2.24, 2.45) is 0 Å². The lowest BCUT2D eigenvalue weighted by Crippen LogP contribution is -2.39. The van der Waals surface area contributed by atoms with Crippen molar-refractivity contribution in [3.8, 4) is 5.75 Å². The van der Waals surface area contributed by atoms with E-state index in [2.05, 4.69) is 0 Å². The highest BCUT2D eigenvalue weighted by Gasteiger charge is 2.25. The monoisotopic (exact) mass is 265 g/mol. The molecular weight excluding hydrogens is 242 g/mol. The van der Waals surface area contributed by atoms with E-state index in [1.165, 1.54) is 0 Å². The lowest BCUT2D eigenvalue weighted by Gasteiger charge is -2.30. The Labute approximate surface area is 115 Å². The van der Waals surface area contributed by atoms with E-state index in [0.717, 1.165) is 11.3 Å². The van der Waals surface area contributed by atoms with Gasteiger partial charge in [-0.2, -0.15) is 0 Å². The van der Waals surface area contributed by atoms with Gasteiger partial charge >= 0.3 is 5.97 Å². The van der Waals surface area contributed by atoms with E-state index < -0.39 is 12.0 Å². The quantitative estimate of drug-likeness (QED) is 0.823. The van der Waals surface area contributed by atoms with Crippen molar-refractivity contribution in [2.75, 3.05) is 13.7 Å². The molecule has 0 saturated carbocycles. The number of carbonyl (C=O) groups is 1. The third-order valence-corrected chi connectivity index (χ3v) is 3.45. The Kier molecular flexibility index (Phi) is 5.83. The minimum atomic E-state index is -0.775. The van der Waals surface area contributed by atoms with E-state index in [-0.39, 0.29) is 6.04 Å². The maximum absolute atomic E-state index is 11.2. The number of rotatable bonds is 7. The number of likely N-dealkylation sites (N-methyl/N-ethyl adjacent to an activating group) is 1. The SMILES string of the molecule is CCOc1ccc(C(C)N(C)C(CC)C(=O)O)cc1. The number of carboxylic acids is 1. The van der Waals surface area contributed by atoms with Crippen molar-refractivity contribution in [1.82, 2.24) is 4.90 Å². The van der Waals surface area contributed by atoms with Crippen LogP contribution < -0.4 is 4.74 Å². The Morgan fingerprint density at radius 3 is 2.32 bits per heavy atom. The Morgan fingerprint density at radius 1 is 1.32 bits per heavy atom. The minimum Gasteiger partial charge on any atom is -0.494 e. The summed E-state index contributed by atoms with van der Waals surface area (Å²) in [4.78, 5) is 13.1. The summed E-state index contributed by atoms with van der Waals surface area (Å²) in [5.41, 5.74) is 1.09. The van der Waals surface area contributed by atoms with Gasteiger partial charge in [0, 0.05) is 6.04 Å². The number of ether oxygens (including phenoxy) is 1. The molecule has 4 heteroatoms. The average Bonchev–Trinajstić information content (AvgIpc) is 2.39. The van der Waals surface area contributed by atoms with E-state index in [1.807, 2.05) is 57.0 Å². The third-order valence-electron chi connectivity index (χ3n) is 3.45. The molecule has 19 heavy (non-hydrogen) atoms. The van der Waals surface area contributed by atoms with Crippen LogP contribution in [0.4, 0.5) is 0 Å². The fourth-order valence-corrected chi connectivity index (χ4v) is 2.15. The lowest BCUT2D eigenvalue weighted by atomic mass is 10.0. The number of carboxylic acid groups (broad SMARTS) is 1. The zero-order valence-electron chi connectivity index (χ0n) is 12.1. The zero-order chi connectivity index (χ0) is 14.4. The maximum Gasteiger partial charge on any atom is 0.320 e. The Balaban J connectivity index is 2.81. The first-order chi connectivity index (χ1) is 9.01. The molecule has 2 unspecified atom stereocenters. The molecule has 0 fully saturated rings. The summed E-state index contributed by atoms with van der Waals surface area (Å²) in [5.74, 6) is 0.0640. The number of aliphatic carboxylic acids is 1. The van der Waals surface area contributed by atoms with Crippen LogP contribution in [0, 0.1) is 0 Å². The number of hydrogen-bond acceptors (Lipinski definition) is 3. The first-order valence-corrected chi connectivity index (χ1v) is 6.68. The van der Waals surface area contributed by atoms with Gasteiger partial charge in [-0.05, 0) is 45.0 Å². The van der Waals surface area contributed by atoms with Gasteiger partial charge in [-0.1, -0.05) is 19.1 Å². The van der Waals surface area contributed by atoms with Gasteiger partial charge in [0.15, 0.2) is 0 Å². The van der Waals surface area contributed by atoms with Crippen LogP contribution >= 0.6 is 0 Å². The molecule has 0 bridgehead atoms. The van der Waals surface area contributed by atoms with Gasteiger partial charge in [-0.25, -0.2) is 0 Å². The van der Waals surface area contributed by atoms with Gasteiger partial charge in [0.1, 0.15) is 11.8 Å². The smallest absolute Gasteiger partial charge is 0.320 e. The number of hydrogen-bond donors (Lipinski definition) is 1. The van der Waals surface area contributed by atoms with Crippen molar-refractivity contribution in [2.45, 2.75) is 39.3 Å². The van der Waals surface area contributed by atoms with Crippen LogP contribution in [-0.2, 0) is 4.79 Å². The fraction of sp³-hybridized carbons (Fsp3) is 0.533. The zero-order valence-corrected chi connectivity index (χ0v) is 12.1. The molecule has 1 rings (SSSR count). The molecule has 106 valence electrons. The average molecular weight is 265 g/mol. The summed E-state index contributed by atoms with van der Waals surface area (Å²) < 4.78 is 5.40. The van der Waals surface area contributed by atoms with Crippen molar-refractivity contribution in [3.63, 3.8) is 0 Å². The first kappa shape index (κ1) is 15.5. The second kappa shape index (κ2) is 7.14. The number of benzene rings is 1. The molecule has 4 nitrogen and oxygen atoms in total. The molecule has 0 aliphatic heterocycles. The molecule has 1 aromatic carbocycles. The van der Waals surface area contributed by atoms with Crippen molar-refractivity contribution < 1.29 is 14.6 Å². The van der Waals surface area contributed by atoms with Crippen LogP contribution in [0.25, 0.3) is 0 Å². The molecule has 0 saturated heterocycles. The van der Waals surface area contributed by atoms with Crippen molar-refractivity contribution >= 4 is 5.97 Å². The van der Waals surface area contributed by atoms with Crippen LogP contribution in [0.1, 0.15) is 38.8 Å². The molecule has 0 amide bonds. The summed E-state index contributed by atoms with van der Waals surface area (Å²) in [6, 6.07) is 7.41. The molecule has 1 aromatic rings. The molecule has 0 aliphatic rings. The van der Waals surface area contributed by atoms with Gasteiger partial charge in [0.2, 0.25) is 0 Å². The Morgan fingerprint density at radius 2 is 1.89 bits per heavy atom. The first-order valence-electron chi connectivity index (χ1n) is 6.68. The van der Waals surface area contributed by atoms with E-state index >= 15 is 0 Å². The van der Waals surface area contributed by atoms with Gasteiger partial charge in [0.05, 0.1) is 6.61 Å². The molecule has 0 radical (unpaired) electrons. The van der Waals surface area contributed by atoms with E-state index in [9.17, 15) is 9.90 Å². The topological polar surface area (TPSA) is 49.8 Å². The second-order valence-electron chi connectivity index (χ2n) is 4.61. The van der Waals surface area contributed by atoms with Crippen LogP contribution in [0.15, 0.2) is 24.3 Å². The van der Waals surface area contributed by atoms with Gasteiger partial charge in [-0.3, -0.25) is 9.69 Å². The summed E-state index contributed by atoms with van der Waals surface area (Å²) in [6.07, 6.45) is 0.590. The highest BCUT2D eigenvalue weighted by atomic mass is 16.5. The minimum absolute atomic E-state index is 0.0525. The summed E-state index contributed by atoms with van der Waals surface area (Å²) in [7, 11) is 1.85. The van der Waals surface area contributed by atoms with Crippen molar-refractivity contribution in [3.05, 3.63) is 29.8 Å². The summed E-state index contributed by atoms with van der Waals surface area (Å²) >= 11 is 0. The van der Waals surface area contributed by atoms with E-state index in [1.54, 1.807) is 0 Å². The van der Waals surface area contributed by atoms with Crippen LogP contribution in [0.2, 0.25) is 0 Å². The largest absolute Gasteiger partial charge is 0.494 e. The van der Waals surface area contributed by atoms with Crippen LogP contribution in [-0.4, -0.2) is 35.7 Å². The summed E-state index contributed by atoms with van der Waals surface area (Å²) in [6.45, 7) is 6.50. The van der Waals surface area contributed by atoms with E-state index in [4.69, 9.17) is 4.74 Å². The van der Waals surface area contributed by atoms with E-state index in [0.29, 0.717) is 13.0 Å². The van der Waals surface area contributed by atoms with Gasteiger partial charge in [-0.15, -0.1) is 0 Å². The maximum atomic E-state index is 11.2. The van der Waals surface area contributed by atoms with Crippen LogP contribution in [0.5, 0.6) is 5.75 Å². The molecule has 0 spiro atoms. The Hall–Kier alpha value is -1.55. The summed E-state index contributed by atoms with van der Waals surface area (Å²) in [5, 5.41) is 9.19. The molecule has 0 aromatic heterocycles. The Bertz CT molecular complexity index is 402. The fourth-order valence-electron chi connectivity index (χ4n) is 2.15.